The molecule has 1 saturated heterocycles. The zero-order chi connectivity index (χ0) is 15.7. The van der Waals surface area contributed by atoms with Crippen LogP contribution in [0.2, 0.25) is 0 Å². The van der Waals surface area contributed by atoms with E-state index in [1.807, 2.05) is 0 Å². The van der Waals surface area contributed by atoms with E-state index in [1.165, 1.54) is 12.1 Å². The molecule has 3 rings (SSSR count). The highest BCUT2D eigenvalue weighted by Gasteiger charge is 2.31. The summed E-state index contributed by atoms with van der Waals surface area (Å²) < 4.78 is 18.5. The summed E-state index contributed by atoms with van der Waals surface area (Å²) in [5.41, 5.74) is 5.95. The summed E-state index contributed by atoms with van der Waals surface area (Å²) in [5, 5.41) is 0. The molecule has 114 valence electrons. The SMILES string of the molecule is NC(=O)[C@H]1CCN(C(=O)c2ccc(-c3ccc(F)cc3)o2)C1. The van der Waals surface area contributed by atoms with Gasteiger partial charge in [0.05, 0.1) is 5.92 Å². The number of hydrogen-bond acceptors (Lipinski definition) is 3. The minimum absolute atomic E-state index is 0.199. The number of carbonyl (C=O) groups is 2. The molecule has 1 aliphatic rings. The van der Waals surface area contributed by atoms with Crippen LogP contribution in [-0.2, 0) is 4.79 Å². The molecule has 0 bridgehead atoms. The summed E-state index contributed by atoms with van der Waals surface area (Å²) in [6.07, 6.45) is 0.576. The van der Waals surface area contributed by atoms with Crippen molar-refractivity contribution in [1.29, 1.82) is 0 Å². The molecule has 0 aliphatic carbocycles. The van der Waals surface area contributed by atoms with Crippen LogP contribution in [0.15, 0.2) is 40.8 Å². The van der Waals surface area contributed by atoms with Crippen molar-refractivity contribution in [1.82, 2.24) is 4.90 Å². The standard InChI is InChI=1S/C16H15FN2O3/c17-12-3-1-10(2-4-12)13-5-6-14(22-13)16(21)19-8-7-11(9-19)15(18)20/h1-6,11H,7-9H2,(H2,18,20)/t11-/m0/s1. The van der Waals surface area contributed by atoms with E-state index in [9.17, 15) is 14.0 Å². The summed E-state index contributed by atoms with van der Waals surface area (Å²) in [6.45, 7) is 0.805. The van der Waals surface area contributed by atoms with Crippen molar-refractivity contribution >= 4 is 11.8 Å². The Labute approximate surface area is 126 Å². The Bertz CT molecular complexity index is 708. The summed E-state index contributed by atoms with van der Waals surface area (Å²) in [5.74, 6) is -0.589. The van der Waals surface area contributed by atoms with E-state index >= 15 is 0 Å². The van der Waals surface area contributed by atoms with E-state index < -0.39 is 0 Å². The van der Waals surface area contributed by atoms with Crippen molar-refractivity contribution < 1.29 is 18.4 Å². The normalized spacial score (nSPS) is 17.7. The fraction of sp³-hybridized carbons (Fsp3) is 0.250. The maximum absolute atomic E-state index is 12.9. The molecule has 0 spiro atoms. The zero-order valence-corrected chi connectivity index (χ0v) is 11.8. The highest BCUT2D eigenvalue weighted by molar-refractivity contribution is 5.93. The molecule has 1 fully saturated rings. The van der Waals surface area contributed by atoms with E-state index in [1.54, 1.807) is 29.2 Å². The maximum Gasteiger partial charge on any atom is 0.289 e. The number of furan rings is 1. The molecule has 22 heavy (non-hydrogen) atoms. The van der Waals surface area contributed by atoms with Gasteiger partial charge >= 0.3 is 0 Å². The number of benzene rings is 1. The lowest BCUT2D eigenvalue weighted by molar-refractivity contribution is -0.121. The highest BCUT2D eigenvalue weighted by Crippen LogP contribution is 2.25. The van der Waals surface area contributed by atoms with Crippen molar-refractivity contribution in [2.45, 2.75) is 6.42 Å². The van der Waals surface area contributed by atoms with Gasteiger partial charge in [-0.1, -0.05) is 0 Å². The largest absolute Gasteiger partial charge is 0.451 e. The van der Waals surface area contributed by atoms with Gasteiger partial charge in [0.1, 0.15) is 11.6 Å². The van der Waals surface area contributed by atoms with Crippen LogP contribution in [0.25, 0.3) is 11.3 Å². The van der Waals surface area contributed by atoms with Gasteiger partial charge in [0.15, 0.2) is 5.76 Å². The van der Waals surface area contributed by atoms with Gasteiger partial charge in [0.25, 0.3) is 5.91 Å². The third kappa shape index (κ3) is 2.72. The van der Waals surface area contributed by atoms with Crippen LogP contribution in [-0.4, -0.2) is 29.8 Å². The first kappa shape index (κ1) is 14.3. The third-order valence-electron chi connectivity index (χ3n) is 3.82. The minimum Gasteiger partial charge on any atom is -0.451 e. The van der Waals surface area contributed by atoms with Gasteiger partial charge in [0, 0.05) is 18.7 Å². The lowest BCUT2D eigenvalue weighted by Gasteiger charge is -2.13. The first-order valence-electron chi connectivity index (χ1n) is 6.99. The minimum atomic E-state index is -0.387. The molecular weight excluding hydrogens is 287 g/mol. The lowest BCUT2D eigenvalue weighted by Crippen LogP contribution is -2.31. The number of halogens is 1. The summed E-state index contributed by atoms with van der Waals surface area (Å²) in [4.78, 5) is 25.0. The van der Waals surface area contributed by atoms with Gasteiger partial charge < -0.3 is 15.1 Å². The molecule has 2 amide bonds. The summed E-state index contributed by atoms with van der Waals surface area (Å²) in [6, 6.07) is 9.08. The van der Waals surface area contributed by atoms with Crippen molar-refractivity contribution in [3.63, 3.8) is 0 Å². The van der Waals surface area contributed by atoms with Crippen molar-refractivity contribution in [2.75, 3.05) is 13.1 Å². The summed E-state index contributed by atoms with van der Waals surface area (Å²) in [7, 11) is 0. The molecular formula is C16H15FN2O3. The van der Waals surface area contributed by atoms with Gasteiger partial charge in [-0.3, -0.25) is 9.59 Å². The van der Waals surface area contributed by atoms with Crippen molar-refractivity contribution in [2.24, 2.45) is 11.7 Å². The van der Waals surface area contributed by atoms with Gasteiger partial charge in [-0.25, -0.2) is 4.39 Å². The van der Waals surface area contributed by atoms with Crippen molar-refractivity contribution in [3.8, 4) is 11.3 Å². The second-order valence-corrected chi connectivity index (χ2v) is 5.31. The van der Waals surface area contributed by atoms with E-state index in [4.69, 9.17) is 10.2 Å². The van der Waals surface area contributed by atoms with Gasteiger partial charge in [-0.05, 0) is 42.8 Å². The predicted octanol–water partition coefficient (Wildman–Crippen LogP) is 2.03. The van der Waals surface area contributed by atoms with E-state index in [0.29, 0.717) is 30.8 Å². The highest BCUT2D eigenvalue weighted by atomic mass is 19.1. The molecule has 0 radical (unpaired) electrons. The van der Waals surface area contributed by atoms with E-state index in [0.717, 1.165) is 0 Å². The van der Waals surface area contributed by atoms with Gasteiger partial charge in [0.2, 0.25) is 5.91 Å². The van der Waals surface area contributed by atoms with E-state index in [2.05, 4.69) is 0 Å². The molecule has 5 nitrogen and oxygen atoms in total. The molecule has 1 atom stereocenters. The zero-order valence-electron chi connectivity index (χ0n) is 11.8. The summed E-state index contributed by atoms with van der Waals surface area (Å²) >= 11 is 0. The number of hydrogen-bond donors (Lipinski definition) is 1. The molecule has 0 saturated carbocycles. The average Bonchev–Trinajstić information content (AvgIpc) is 3.17. The smallest absolute Gasteiger partial charge is 0.289 e. The second kappa shape index (κ2) is 5.63. The number of amides is 2. The topological polar surface area (TPSA) is 76.5 Å². The molecule has 1 aromatic heterocycles. The van der Waals surface area contributed by atoms with Crippen LogP contribution in [0, 0.1) is 11.7 Å². The molecule has 2 aromatic rings. The van der Waals surface area contributed by atoms with Crippen LogP contribution < -0.4 is 5.73 Å². The van der Waals surface area contributed by atoms with Gasteiger partial charge in [-0.15, -0.1) is 0 Å². The first-order chi connectivity index (χ1) is 10.5. The van der Waals surface area contributed by atoms with Crippen LogP contribution >= 0.6 is 0 Å². The fourth-order valence-corrected chi connectivity index (χ4v) is 2.55. The number of nitrogens with zero attached hydrogens (tertiary/aromatic N) is 1. The lowest BCUT2D eigenvalue weighted by atomic mass is 10.1. The van der Waals surface area contributed by atoms with E-state index in [-0.39, 0.29) is 29.3 Å². The molecule has 0 unspecified atom stereocenters. The number of primary amides is 1. The van der Waals surface area contributed by atoms with Crippen molar-refractivity contribution in [3.05, 3.63) is 48.0 Å². The Morgan fingerprint density at radius 3 is 2.55 bits per heavy atom. The van der Waals surface area contributed by atoms with Crippen LogP contribution in [0.5, 0.6) is 0 Å². The molecule has 1 aromatic carbocycles. The Kier molecular flexibility index (Phi) is 3.66. The second-order valence-electron chi connectivity index (χ2n) is 5.31. The predicted molar refractivity (Wildman–Crippen MR) is 77.3 cm³/mol. The molecule has 1 aliphatic heterocycles. The Hall–Kier alpha value is -2.63. The first-order valence-corrected chi connectivity index (χ1v) is 6.99. The van der Waals surface area contributed by atoms with Crippen LogP contribution in [0.3, 0.4) is 0 Å². The van der Waals surface area contributed by atoms with Crippen LogP contribution in [0.1, 0.15) is 17.0 Å². The number of nitrogens with two attached hydrogens (primary N) is 1. The Morgan fingerprint density at radius 1 is 1.18 bits per heavy atom. The Balaban J connectivity index is 1.75. The Morgan fingerprint density at radius 2 is 1.91 bits per heavy atom. The molecule has 2 heterocycles. The number of likely N-dealkylation sites (tertiary alicyclic amines) is 1. The van der Waals surface area contributed by atoms with Crippen LogP contribution in [0.4, 0.5) is 4.39 Å². The monoisotopic (exact) mass is 302 g/mol. The maximum atomic E-state index is 12.9. The van der Waals surface area contributed by atoms with Gasteiger partial charge in [-0.2, -0.15) is 0 Å². The molecule has 2 N–H and O–H groups in total. The quantitative estimate of drug-likeness (QED) is 0.942. The number of carbonyl (C=O) groups excluding carboxylic acids is 2. The third-order valence-corrected chi connectivity index (χ3v) is 3.82. The molecule has 6 heteroatoms. The average molecular weight is 302 g/mol. The number of rotatable bonds is 3. The fourth-order valence-electron chi connectivity index (χ4n) is 2.55.